The SMILES string of the molecule is O=C1C[C@@H](C(=O)Nc2ccccc2Cl)n2ncc(-c3ccc(F)cc3)c2N1. The molecule has 2 N–H and O–H groups in total. The van der Waals surface area contributed by atoms with E-state index in [1.54, 1.807) is 42.6 Å². The Labute approximate surface area is 158 Å². The van der Waals surface area contributed by atoms with Crippen molar-refractivity contribution in [2.75, 3.05) is 10.6 Å². The lowest BCUT2D eigenvalue weighted by atomic mass is 10.1. The molecule has 136 valence electrons. The van der Waals surface area contributed by atoms with Gasteiger partial charge in [-0.05, 0) is 29.8 Å². The van der Waals surface area contributed by atoms with Crippen LogP contribution < -0.4 is 10.6 Å². The van der Waals surface area contributed by atoms with Crippen LogP contribution in [0.1, 0.15) is 12.5 Å². The quantitative estimate of drug-likeness (QED) is 0.719. The van der Waals surface area contributed by atoms with Crippen LogP contribution in [0.25, 0.3) is 11.1 Å². The molecule has 1 aromatic heterocycles. The lowest BCUT2D eigenvalue weighted by Crippen LogP contribution is -2.35. The maximum atomic E-state index is 13.2. The van der Waals surface area contributed by atoms with Crippen LogP contribution in [-0.2, 0) is 9.59 Å². The van der Waals surface area contributed by atoms with Crippen molar-refractivity contribution in [2.24, 2.45) is 0 Å². The number of anilines is 2. The molecular formula is C19H14ClFN4O2. The van der Waals surface area contributed by atoms with Crippen LogP contribution in [-0.4, -0.2) is 21.6 Å². The van der Waals surface area contributed by atoms with E-state index >= 15 is 0 Å². The zero-order valence-corrected chi connectivity index (χ0v) is 14.7. The molecule has 0 fully saturated rings. The molecule has 0 radical (unpaired) electrons. The summed E-state index contributed by atoms with van der Waals surface area (Å²) in [6.45, 7) is 0. The zero-order valence-electron chi connectivity index (χ0n) is 13.9. The number of fused-ring (bicyclic) bond motifs is 1. The number of halogens is 2. The van der Waals surface area contributed by atoms with Gasteiger partial charge in [-0.25, -0.2) is 9.07 Å². The summed E-state index contributed by atoms with van der Waals surface area (Å²) < 4.78 is 14.6. The van der Waals surface area contributed by atoms with Gasteiger partial charge in [-0.15, -0.1) is 0 Å². The standard InChI is InChI=1S/C19H14ClFN4O2/c20-14-3-1-2-4-15(14)23-19(27)16-9-17(26)24-18-13(10-22-25(16)18)11-5-7-12(21)8-6-11/h1-8,10,16H,9H2,(H,23,27)(H,24,26)/t16-/m0/s1. The second kappa shape index (κ2) is 6.85. The van der Waals surface area contributed by atoms with E-state index in [0.717, 1.165) is 0 Å². The predicted molar refractivity (Wildman–Crippen MR) is 100.0 cm³/mol. The molecule has 1 aliphatic heterocycles. The zero-order chi connectivity index (χ0) is 19.0. The molecule has 0 saturated carbocycles. The lowest BCUT2D eigenvalue weighted by Gasteiger charge is -2.24. The molecule has 1 atom stereocenters. The summed E-state index contributed by atoms with van der Waals surface area (Å²) in [4.78, 5) is 24.9. The van der Waals surface area contributed by atoms with E-state index in [2.05, 4.69) is 15.7 Å². The number of aromatic nitrogens is 2. The summed E-state index contributed by atoms with van der Waals surface area (Å²) in [6.07, 6.45) is 1.50. The van der Waals surface area contributed by atoms with Crippen molar-refractivity contribution < 1.29 is 14.0 Å². The van der Waals surface area contributed by atoms with Crippen LogP contribution in [0.2, 0.25) is 5.02 Å². The van der Waals surface area contributed by atoms with Crippen LogP contribution in [0.3, 0.4) is 0 Å². The van der Waals surface area contributed by atoms with Gasteiger partial charge >= 0.3 is 0 Å². The Morgan fingerprint density at radius 2 is 1.96 bits per heavy atom. The molecule has 1 aliphatic rings. The van der Waals surface area contributed by atoms with Crippen LogP contribution in [0.15, 0.2) is 54.7 Å². The van der Waals surface area contributed by atoms with Gasteiger partial charge in [0.1, 0.15) is 17.7 Å². The Bertz CT molecular complexity index is 1030. The van der Waals surface area contributed by atoms with Crippen molar-refractivity contribution >= 4 is 34.9 Å². The van der Waals surface area contributed by atoms with E-state index < -0.39 is 11.9 Å². The van der Waals surface area contributed by atoms with Gasteiger partial charge in [-0.2, -0.15) is 5.10 Å². The molecule has 0 aliphatic carbocycles. The second-order valence-electron chi connectivity index (χ2n) is 6.10. The Balaban J connectivity index is 1.67. The maximum Gasteiger partial charge on any atom is 0.249 e. The molecule has 0 saturated heterocycles. The summed E-state index contributed by atoms with van der Waals surface area (Å²) in [7, 11) is 0. The van der Waals surface area contributed by atoms with Gasteiger partial charge in [-0.1, -0.05) is 35.9 Å². The number of nitrogens with zero attached hydrogens (tertiary/aromatic N) is 2. The summed E-state index contributed by atoms with van der Waals surface area (Å²) >= 11 is 6.09. The number of benzene rings is 2. The number of hydrogen-bond acceptors (Lipinski definition) is 3. The molecule has 3 aromatic rings. The smallest absolute Gasteiger partial charge is 0.249 e. The molecule has 0 spiro atoms. The fourth-order valence-corrected chi connectivity index (χ4v) is 3.17. The minimum atomic E-state index is -0.820. The first kappa shape index (κ1) is 17.2. The first-order valence-electron chi connectivity index (χ1n) is 8.21. The van der Waals surface area contributed by atoms with Crippen LogP contribution in [0, 0.1) is 5.82 Å². The van der Waals surface area contributed by atoms with Crippen molar-refractivity contribution in [1.82, 2.24) is 9.78 Å². The van der Waals surface area contributed by atoms with Crippen molar-refractivity contribution in [3.8, 4) is 11.1 Å². The summed E-state index contributed by atoms with van der Waals surface area (Å²) in [5, 5.41) is 10.2. The summed E-state index contributed by atoms with van der Waals surface area (Å²) in [5.74, 6) is -0.656. The Morgan fingerprint density at radius 1 is 1.22 bits per heavy atom. The number of amides is 2. The molecule has 2 heterocycles. The minimum absolute atomic E-state index is 0.0478. The van der Waals surface area contributed by atoms with E-state index in [1.165, 1.54) is 16.8 Å². The number of para-hydroxylation sites is 1. The largest absolute Gasteiger partial charge is 0.323 e. The monoisotopic (exact) mass is 384 g/mol. The Morgan fingerprint density at radius 3 is 2.70 bits per heavy atom. The molecule has 0 bridgehead atoms. The van der Waals surface area contributed by atoms with Crippen LogP contribution in [0.4, 0.5) is 15.9 Å². The van der Waals surface area contributed by atoms with Gasteiger partial charge in [0, 0.05) is 5.56 Å². The highest BCUT2D eigenvalue weighted by Gasteiger charge is 2.33. The number of hydrogen-bond donors (Lipinski definition) is 2. The Hall–Kier alpha value is -3.19. The fraction of sp³-hybridized carbons (Fsp3) is 0.105. The normalized spacial score (nSPS) is 15.8. The first-order valence-corrected chi connectivity index (χ1v) is 8.59. The van der Waals surface area contributed by atoms with E-state index in [0.29, 0.717) is 27.7 Å². The topological polar surface area (TPSA) is 76.0 Å². The third-order valence-corrected chi connectivity index (χ3v) is 4.65. The average Bonchev–Trinajstić information content (AvgIpc) is 3.07. The average molecular weight is 385 g/mol. The van der Waals surface area contributed by atoms with Gasteiger partial charge in [-0.3, -0.25) is 9.59 Å². The number of carbonyl (C=O) groups is 2. The molecule has 2 aromatic carbocycles. The number of rotatable bonds is 3. The van der Waals surface area contributed by atoms with Crippen LogP contribution >= 0.6 is 11.6 Å². The van der Waals surface area contributed by atoms with Gasteiger partial charge in [0.05, 0.1) is 23.3 Å². The second-order valence-corrected chi connectivity index (χ2v) is 6.50. The van der Waals surface area contributed by atoms with E-state index in [4.69, 9.17) is 11.6 Å². The number of nitrogens with one attached hydrogen (secondary N) is 2. The van der Waals surface area contributed by atoms with Gasteiger partial charge in [0.15, 0.2) is 0 Å². The highest BCUT2D eigenvalue weighted by Crippen LogP contribution is 2.34. The molecule has 2 amide bonds. The highest BCUT2D eigenvalue weighted by molar-refractivity contribution is 6.33. The minimum Gasteiger partial charge on any atom is -0.323 e. The Kier molecular flexibility index (Phi) is 4.37. The van der Waals surface area contributed by atoms with Crippen molar-refractivity contribution in [3.05, 3.63) is 65.6 Å². The maximum absolute atomic E-state index is 13.2. The van der Waals surface area contributed by atoms with Crippen LogP contribution in [0.5, 0.6) is 0 Å². The van der Waals surface area contributed by atoms with Crippen molar-refractivity contribution in [1.29, 1.82) is 0 Å². The highest BCUT2D eigenvalue weighted by atomic mass is 35.5. The van der Waals surface area contributed by atoms with E-state index in [1.807, 2.05) is 0 Å². The lowest BCUT2D eigenvalue weighted by molar-refractivity contribution is -0.125. The molecular weight excluding hydrogens is 371 g/mol. The van der Waals surface area contributed by atoms with Crippen molar-refractivity contribution in [3.63, 3.8) is 0 Å². The third kappa shape index (κ3) is 3.29. The van der Waals surface area contributed by atoms with Gasteiger partial charge < -0.3 is 10.6 Å². The van der Waals surface area contributed by atoms with Crippen molar-refractivity contribution in [2.45, 2.75) is 12.5 Å². The summed E-state index contributed by atoms with van der Waals surface area (Å²) in [6, 6.07) is 11.9. The number of carbonyl (C=O) groups excluding carboxylic acids is 2. The molecule has 0 unspecified atom stereocenters. The molecule has 4 rings (SSSR count). The molecule has 6 nitrogen and oxygen atoms in total. The van der Waals surface area contributed by atoms with Gasteiger partial charge in [0.2, 0.25) is 11.8 Å². The van der Waals surface area contributed by atoms with E-state index in [-0.39, 0.29) is 18.1 Å². The third-order valence-electron chi connectivity index (χ3n) is 4.32. The van der Waals surface area contributed by atoms with E-state index in [9.17, 15) is 14.0 Å². The fourth-order valence-electron chi connectivity index (χ4n) is 2.99. The summed E-state index contributed by atoms with van der Waals surface area (Å²) in [5.41, 5.74) is 1.76. The molecule has 8 heteroatoms. The van der Waals surface area contributed by atoms with Gasteiger partial charge in [0.25, 0.3) is 0 Å². The predicted octanol–water partition coefficient (Wildman–Crippen LogP) is 3.86. The first-order chi connectivity index (χ1) is 13.0. The molecule has 27 heavy (non-hydrogen) atoms.